The van der Waals surface area contributed by atoms with Crippen LogP contribution in [0.4, 0.5) is 13.2 Å². The van der Waals surface area contributed by atoms with Crippen molar-refractivity contribution in [3.63, 3.8) is 0 Å². The quantitative estimate of drug-likeness (QED) is 0.541. The highest BCUT2D eigenvalue weighted by molar-refractivity contribution is 7.13. The molecule has 30 heavy (non-hydrogen) atoms. The van der Waals surface area contributed by atoms with Crippen molar-refractivity contribution >= 4 is 11.3 Å². The number of tetrazole rings is 1. The molecule has 158 valence electrons. The van der Waals surface area contributed by atoms with E-state index in [1.807, 2.05) is 29.6 Å². The van der Waals surface area contributed by atoms with E-state index >= 15 is 0 Å². The highest BCUT2D eigenvalue weighted by atomic mass is 32.1. The van der Waals surface area contributed by atoms with E-state index in [0.717, 1.165) is 16.1 Å². The number of thiazole rings is 1. The predicted octanol–water partition coefficient (Wildman–Crippen LogP) is 1.87. The Labute approximate surface area is 173 Å². The number of fused-ring (bicyclic) bond motifs is 2. The Balaban J connectivity index is 1.42. The number of halogens is 3. The number of aromatic amines is 1. The lowest BCUT2D eigenvalue weighted by Gasteiger charge is -2.57. The first-order chi connectivity index (χ1) is 14.5. The summed E-state index contributed by atoms with van der Waals surface area (Å²) in [5.74, 6) is 0.0712. The molecule has 0 radical (unpaired) electrons. The van der Waals surface area contributed by atoms with Crippen LogP contribution in [0, 0.1) is 0 Å². The second-order valence-electron chi connectivity index (χ2n) is 7.30. The van der Waals surface area contributed by atoms with Crippen LogP contribution in [0.1, 0.15) is 17.3 Å². The van der Waals surface area contributed by atoms with E-state index in [1.165, 1.54) is 11.3 Å². The van der Waals surface area contributed by atoms with E-state index in [0.29, 0.717) is 6.54 Å². The number of hydrogen-bond acceptors (Lipinski definition) is 8. The van der Waals surface area contributed by atoms with Gasteiger partial charge in [-0.1, -0.05) is 24.3 Å². The first-order valence-electron chi connectivity index (χ1n) is 9.41. The number of nitrogens with zero attached hydrogens (tertiary/aromatic N) is 4. The number of piperidine rings is 1. The van der Waals surface area contributed by atoms with E-state index in [2.05, 4.69) is 36.2 Å². The Morgan fingerprint density at radius 2 is 2.13 bits per heavy atom. The zero-order chi connectivity index (χ0) is 20.7. The summed E-state index contributed by atoms with van der Waals surface area (Å²) in [6.07, 6.45) is -4.82. The van der Waals surface area contributed by atoms with Crippen molar-refractivity contribution in [3.8, 4) is 10.6 Å². The molecule has 3 aromatic rings. The number of ether oxygens (including phenoxy) is 1. The van der Waals surface area contributed by atoms with Gasteiger partial charge in [-0.3, -0.25) is 0 Å². The van der Waals surface area contributed by atoms with Gasteiger partial charge in [-0.25, -0.2) is 10.1 Å². The number of piperazine rings is 1. The maximum atomic E-state index is 13.9. The van der Waals surface area contributed by atoms with Gasteiger partial charge in [0.15, 0.2) is 11.9 Å². The van der Waals surface area contributed by atoms with Crippen LogP contribution in [-0.2, 0) is 11.3 Å². The average molecular weight is 437 g/mol. The normalized spacial score (nSPS) is 26.9. The fourth-order valence-corrected chi connectivity index (χ4v) is 5.03. The Morgan fingerprint density at radius 1 is 1.27 bits per heavy atom. The third-order valence-electron chi connectivity index (χ3n) is 5.61. The number of benzene rings is 1. The van der Waals surface area contributed by atoms with E-state index in [1.54, 1.807) is 6.20 Å². The largest absolute Gasteiger partial charge is 0.416 e. The molecule has 0 amide bonds. The van der Waals surface area contributed by atoms with Gasteiger partial charge < -0.3 is 15.4 Å². The zero-order valence-electron chi connectivity index (χ0n) is 15.5. The fourth-order valence-electron chi connectivity index (χ4n) is 4.34. The second-order valence-corrected chi connectivity index (χ2v) is 8.20. The molecule has 1 aromatic carbocycles. The highest BCUT2D eigenvalue weighted by Crippen LogP contribution is 2.44. The van der Waals surface area contributed by atoms with Crippen LogP contribution in [0.15, 0.2) is 35.8 Å². The van der Waals surface area contributed by atoms with Gasteiger partial charge in [0, 0.05) is 41.7 Å². The molecule has 3 aliphatic rings. The van der Waals surface area contributed by atoms with Gasteiger partial charge in [0.1, 0.15) is 11.6 Å². The van der Waals surface area contributed by atoms with Crippen LogP contribution in [0.3, 0.4) is 0 Å². The minimum Gasteiger partial charge on any atom is -0.359 e. The molecule has 5 atom stereocenters. The number of aromatic nitrogens is 5. The second kappa shape index (κ2) is 7.69. The summed E-state index contributed by atoms with van der Waals surface area (Å²) >= 11 is 1.51. The van der Waals surface area contributed by atoms with Crippen LogP contribution < -0.4 is 10.6 Å². The summed E-state index contributed by atoms with van der Waals surface area (Å²) < 4.78 is 46.9. The number of H-pyrrole nitrogens is 1. The van der Waals surface area contributed by atoms with Crippen molar-refractivity contribution < 1.29 is 17.9 Å². The molecule has 3 saturated heterocycles. The minimum absolute atomic E-state index is 0.0553. The third kappa shape index (κ3) is 3.49. The van der Waals surface area contributed by atoms with Gasteiger partial charge in [-0.2, -0.15) is 13.2 Å². The monoisotopic (exact) mass is 437 g/mol. The molecule has 8 nitrogen and oxygen atoms in total. The Hall–Kier alpha value is -2.41. The van der Waals surface area contributed by atoms with Crippen LogP contribution in [0.2, 0.25) is 0 Å². The molecule has 5 unspecified atom stereocenters. The van der Waals surface area contributed by atoms with Gasteiger partial charge in [0.2, 0.25) is 0 Å². The summed E-state index contributed by atoms with van der Waals surface area (Å²) in [4.78, 5) is 4.39. The van der Waals surface area contributed by atoms with Crippen molar-refractivity contribution in [2.24, 2.45) is 0 Å². The minimum atomic E-state index is -4.55. The molecule has 5 heterocycles. The van der Waals surface area contributed by atoms with E-state index in [9.17, 15) is 13.2 Å². The topological polar surface area (TPSA) is 101 Å². The summed E-state index contributed by atoms with van der Waals surface area (Å²) in [6, 6.07) is 6.47. The first-order valence-corrected chi connectivity index (χ1v) is 10.3. The summed E-state index contributed by atoms with van der Waals surface area (Å²) in [6.45, 7) is 0.0592. The lowest BCUT2D eigenvalue weighted by molar-refractivity contribution is -0.240. The third-order valence-corrected chi connectivity index (χ3v) is 6.41. The molecule has 0 saturated carbocycles. The first kappa shape index (κ1) is 19.5. The number of nitrogens with one attached hydrogen (secondary N) is 3. The van der Waals surface area contributed by atoms with Crippen molar-refractivity contribution in [3.05, 3.63) is 47.2 Å². The number of alkyl halides is 3. The molecule has 0 spiro atoms. The average Bonchev–Trinajstić information content (AvgIpc) is 3.42. The van der Waals surface area contributed by atoms with E-state index in [4.69, 9.17) is 4.74 Å². The molecule has 0 aliphatic carbocycles. The Kier molecular flexibility index (Phi) is 5.01. The van der Waals surface area contributed by atoms with Crippen LogP contribution >= 0.6 is 11.3 Å². The Morgan fingerprint density at radius 3 is 2.83 bits per heavy atom. The van der Waals surface area contributed by atoms with Crippen molar-refractivity contribution in [1.29, 1.82) is 0 Å². The van der Waals surface area contributed by atoms with E-state index < -0.39 is 24.4 Å². The molecule has 3 fully saturated rings. The summed E-state index contributed by atoms with van der Waals surface area (Å²) in [7, 11) is 0. The SMILES string of the molecule is FC(F)(F)C(OCc1nnn[nH]1)C1NCC2NC1C2c1ccccc1-c1nccs1. The van der Waals surface area contributed by atoms with Crippen LogP contribution in [0.25, 0.3) is 10.6 Å². The van der Waals surface area contributed by atoms with Crippen molar-refractivity contribution in [2.45, 2.75) is 42.9 Å². The molecule has 12 heteroatoms. The molecule has 3 aliphatic heterocycles. The van der Waals surface area contributed by atoms with Crippen LogP contribution in [-0.4, -0.2) is 62.6 Å². The lowest BCUT2D eigenvalue weighted by atomic mass is 9.69. The maximum absolute atomic E-state index is 13.9. The van der Waals surface area contributed by atoms with Crippen LogP contribution in [0.5, 0.6) is 0 Å². The summed E-state index contributed by atoms with van der Waals surface area (Å²) in [5.41, 5.74) is 1.97. The Bertz CT molecular complexity index is 980. The number of rotatable bonds is 6. The van der Waals surface area contributed by atoms with E-state index in [-0.39, 0.29) is 24.4 Å². The molecular formula is C18H18F3N7OS. The van der Waals surface area contributed by atoms with Gasteiger partial charge in [0.05, 0.1) is 6.04 Å². The molecule has 6 rings (SSSR count). The zero-order valence-corrected chi connectivity index (χ0v) is 16.3. The molecule has 3 N–H and O–H groups in total. The van der Waals surface area contributed by atoms with Crippen molar-refractivity contribution in [2.75, 3.05) is 6.54 Å². The lowest BCUT2D eigenvalue weighted by Crippen LogP contribution is -2.78. The van der Waals surface area contributed by atoms with Gasteiger partial charge in [0.25, 0.3) is 0 Å². The van der Waals surface area contributed by atoms with Crippen molar-refractivity contribution in [1.82, 2.24) is 36.2 Å². The molecular weight excluding hydrogens is 419 g/mol. The molecule has 2 aromatic heterocycles. The fraction of sp³-hybridized carbons (Fsp3) is 0.444. The summed E-state index contributed by atoms with van der Waals surface area (Å²) in [5, 5.41) is 21.8. The maximum Gasteiger partial charge on any atom is 0.416 e. The number of hydrogen-bond donors (Lipinski definition) is 3. The predicted molar refractivity (Wildman–Crippen MR) is 102 cm³/mol. The molecule has 2 bridgehead atoms. The standard InChI is InChI=1S/C18H18F3N7OS/c19-18(20,21)16(29-8-12-25-27-28-26-12)15-14-13(11(24-14)7-23-15)9-3-1-2-4-10(9)17-22-5-6-30-17/h1-6,11,13-16,23-24H,7-8H2,(H,25,26,27,28). The van der Waals surface area contributed by atoms with Gasteiger partial charge >= 0.3 is 6.18 Å². The van der Waals surface area contributed by atoms with Gasteiger partial charge in [-0.05, 0) is 16.0 Å². The van der Waals surface area contributed by atoms with Gasteiger partial charge in [-0.15, -0.1) is 16.4 Å². The highest BCUT2D eigenvalue weighted by Gasteiger charge is 2.58. The smallest absolute Gasteiger partial charge is 0.359 e.